The Balaban J connectivity index is 2.98. The maximum atomic E-state index is 10.7. The summed E-state index contributed by atoms with van der Waals surface area (Å²) >= 11 is 0. The van der Waals surface area contributed by atoms with Crippen molar-refractivity contribution in [1.29, 1.82) is 0 Å². The second kappa shape index (κ2) is 8.72. The van der Waals surface area contributed by atoms with E-state index < -0.39 is 0 Å². The Kier molecular flexibility index (Phi) is 7.62. The highest BCUT2D eigenvalue weighted by atomic mass is 16.3. The minimum atomic E-state index is -0.344. The predicted octanol–water partition coefficient (Wildman–Crippen LogP) is 6.20. The van der Waals surface area contributed by atoms with Crippen molar-refractivity contribution in [2.24, 2.45) is 11.3 Å². The molecule has 0 heterocycles. The molecule has 0 aliphatic heterocycles. The van der Waals surface area contributed by atoms with Crippen molar-refractivity contribution >= 4 is 0 Å². The summed E-state index contributed by atoms with van der Waals surface area (Å²) in [4.78, 5) is 0. The maximum absolute atomic E-state index is 10.7. The van der Waals surface area contributed by atoms with Gasteiger partial charge in [-0.25, -0.2) is 0 Å². The van der Waals surface area contributed by atoms with Crippen LogP contribution in [-0.2, 0) is 0 Å². The highest BCUT2D eigenvalue weighted by Gasteiger charge is 2.24. The molecule has 126 valence electrons. The van der Waals surface area contributed by atoms with Crippen molar-refractivity contribution in [3.05, 3.63) is 34.9 Å². The molecule has 0 saturated heterocycles. The molecule has 0 aromatic heterocycles. The van der Waals surface area contributed by atoms with E-state index in [0.717, 1.165) is 25.7 Å². The van der Waals surface area contributed by atoms with E-state index in [1.807, 2.05) is 0 Å². The van der Waals surface area contributed by atoms with Crippen molar-refractivity contribution in [2.75, 3.05) is 0 Å². The normalized spacial score (nSPS) is 33.7. The lowest BCUT2D eigenvalue weighted by Crippen LogP contribution is -2.23. The standard InChI is InChI=1S/C21H36O/c1-16-9-7-11-17(2)13-14-19(21(4,5)6)20(22)15-18(3)12-8-10-16/h9,12,14,17,20,22H,7-8,10-11,13,15H2,1-6H3/b16-9+,18-12+,19-14+/t17?,20-/m0/s1. The molecule has 0 radical (unpaired) electrons. The minimum Gasteiger partial charge on any atom is -0.388 e. The molecule has 0 aromatic carbocycles. The van der Waals surface area contributed by atoms with E-state index in [-0.39, 0.29) is 11.5 Å². The van der Waals surface area contributed by atoms with Gasteiger partial charge in [0.2, 0.25) is 0 Å². The smallest absolute Gasteiger partial charge is 0.0792 e. The molecule has 0 aromatic rings. The number of hydrogen-bond donors (Lipinski definition) is 1. The van der Waals surface area contributed by atoms with Crippen molar-refractivity contribution in [3.63, 3.8) is 0 Å². The third-order valence-corrected chi connectivity index (χ3v) is 4.66. The molecule has 1 aliphatic rings. The molecule has 1 heteroatoms. The van der Waals surface area contributed by atoms with Gasteiger partial charge in [0, 0.05) is 0 Å². The van der Waals surface area contributed by atoms with E-state index in [1.54, 1.807) is 0 Å². The first-order valence-electron chi connectivity index (χ1n) is 8.90. The zero-order valence-corrected chi connectivity index (χ0v) is 15.6. The fourth-order valence-electron chi connectivity index (χ4n) is 3.15. The van der Waals surface area contributed by atoms with E-state index in [0.29, 0.717) is 5.92 Å². The summed E-state index contributed by atoms with van der Waals surface area (Å²) < 4.78 is 0. The number of hydrogen-bond acceptors (Lipinski definition) is 1. The van der Waals surface area contributed by atoms with Crippen LogP contribution in [0.4, 0.5) is 0 Å². The van der Waals surface area contributed by atoms with Crippen molar-refractivity contribution < 1.29 is 5.11 Å². The van der Waals surface area contributed by atoms with E-state index in [4.69, 9.17) is 0 Å². The highest BCUT2D eigenvalue weighted by Crippen LogP contribution is 2.32. The van der Waals surface area contributed by atoms with E-state index in [2.05, 4.69) is 59.8 Å². The Bertz CT molecular complexity index is 431. The summed E-state index contributed by atoms with van der Waals surface area (Å²) in [5.74, 6) is 0.674. The molecular formula is C21H36O. The van der Waals surface area contributed by atoms with Crippen LogP contribution in [-0.4, -0.2) is 11.2 Å². The van der Waals surface area contributed by atoms with Gasteiger partial charge in [-0.3, -0.25) is 0 Å². The Morgan fingerprint density at radius 1 is 1.00 bits per heavy atom. The average molecular weight is 305 g/mol. The van der Waals surface area contributed by atoms with Gasteiger partial charge in [-0.05, 0) is 69.3 Å². The van der Waals surface area contributed by atoms with Gasteiger partial charge in [-0.2, -0.15) is 0 Å². The zero-order valence-electron chi connectivity index (χ0n) is 15.6. The summed E-state index contributed by atoms with van der Waals surface area (Å²) in [5.41, 5.74) is 4.05. The number of allylic oxidation sites excluding steroid dienone is 4. The Labute approximate surface area is 138 Å². The quantitative estimate of drug-likeness (QED) is 0.528. The van der Waals surface area contributed by atoms with Crippen LogP contribution in [0.15, 0.2) is 34.9 Å². The van der Waals surface area contributed by atoms with Crippen LogP contribution >= 0.6 is 0 Å². The van der Waals surface area contributed by atoms with Crippen LogP contribution in [0.2, 0.25) is 0 Å². The molecule has 0 bridgehead atoms. The fraction of sp³-hybridized carbons (Fsp3) is 0.714. The monoisotopic (exact) mass is 304 g/mol. The van der Waals surface area contributed by atoms with E-state index in [9.17, 15) is 5.11 Å². The van der Waals surface area contributed by atoms with Gasteiger partial charge >= 0.3 is 0 Å². The molecule has 22 heavy (non-hydrogen) atoms. The average Bonchev–Trinajstić information content (AvgIpc) is 2.36. The van der Waals surface area contributed by atoms with Crippen LogP contribution in [0.25, 0.3) is 0 Å². The van der Waals surface area contributed by atoms with Gasteiger partial charge in [0.1, 0.15) is 0 Å². The number of aliphatic hydroxyl groups is 1. The van der Waals surface area contributed by atoms with Crippen LogP contribution in [0.5, 0.6) is 0 Å². The van der Waals surface area contributed by atoms with E-state index >= 15 is 0 Å². The molecule has 0 amide bonds. The summed E-state index contributed by atoms with van der Waals surface area (Å²) in [6.07, 6.45) is 13.2. The topological polar surface area (TPSA) is 20.2 Å². The summed E-state index contributed by atoms with van der Waals surface area (Å²) in [5, 5.41) is 10.7. The molecule has 0 saturated carbocycles. The Hall–Kier alpha value is -0.820. The summed E-state index contributed by atoms with van der Waals surface area (Å²) in [7, 11) is 0. The first kappa shape index (κ1) is 19.2. The molecule has 1 nitrogen and oxygen atoms in total. The predicted molar refractivity (Wildman–Crippen MR) is 97.9 cm³/mol. The summed E-state index contributed by atoms with van der Waals surface area (Å²) in [6, 6.07) is 0. The molecule has 1 aliphatic carbocycles. The van der Waals surface area contributed by atoms with Gasteiger partial charge in [-0.15, -0.1) is 0 Å². The van der Waals surface area contributed by atoms with Gasteiger partial charge < -0.3 is 5.11 Å². The van der Waals surface area contributed by atoms with Crippen molar-refractivity contribution in [1.82, 2.24) is 0 Å². The third kappa shape index (κ3) is 6.96. The molecule has 1 unspecified atom stereocenters. The van der Waals surface area contributed by atoms with Gasteiger partial charge in [0.25, 0.3) is 0 Å². The van der Waals surface area contributed by atoms with Crippen LogP contribution in [0, 0.1) is 11.3 Å². The first-order valence-corrected chi connectivity index (χ1v) is 8.90. The lowest BCUT2D eigenvalue weighted by molar-refractivity contribution is 0.184. The fourth-order valence-corrected chi connectivity index (χ4v) is 3.15. The molecule has 1 N–H and O–H groups in total. The maximum Gasteiger partial charge on any atom is 0.0792 e. The molecule has 2 atom stereocenters. The zero-order chi connectivity index (χ0) is 16.8. The van der Waals surface area contributed by atoms with Crippen LogP contribution in [0.1, 0.15) is 80.1 Å². The molecule has 0 fully saturated rings. The van der Waals surface area contributed by atoms with E-state index in [1.165, 1.54) is 29.6 Å². The summed E-state index contributed by atoms with van der Waals surface area (Å²) in [6.45, 7) is 13.3. The largest absolute Gasteiger partial charge is 0.388 e. The number of rotatable bonds is 0. The Morgan fingerprint density at radius 3 is 2.27 bits per heavy atom. The molecule has 0 spiro atoms. The molecular weight excluding hydrogens is 268 g/mol. The van der Waals surface area contributed by atoms with Crippen molar-refractivity contribution in [2.45, 2.75) is 86.2 Å². The second-order valence-electron chi connectivity index (χ2n) is 8.19. The highest BCUT2D eigenvalue weighted by molar-refractivity contribution is 5.19. The minimum absolute atomic E-state index is 0.0347. The first-order chi connectivity index (χ1) is 10.2. The lowest BCUT2D eigenvalue weighted by Gasteiger charge is -2.28. The lowest BCUT2D eigenvalue weighted by atomic mass is 9.80. The van der Waals surface area contributed by atoms with Gasteiger partial charge in [-0.1, -0.05) is 57.1 Å². The number of aliphatic hydroxyl groups excluding tert-OH is 1. The van der Waals surface area contributed by atoms with Gasteiger partial charge in [0.15, 0.2) is 0 Å². The Morgan fingerprint density at radius 2 is 1.64 bits per heavy atom. The molecule has 1 rings (SSSR count). The van der Waals surface area contributed by atoms with Crippen LogP contribution in [0.3, 0.4) is 0 Å². The third-order valence-electron chi connectivity index (χ3n) is 4.66. The SMILES string of the molecule is C/C1=C\CCC(C)C/C=C(/C(C)(C)C)[C@@H](O)C/C(C)=C/CC1. The van der Waals surface area contributed by atoms with Crippen molar-refractivity contribution in [3.8, 4) is 0 Å². The second-order valence-corrected chi connectivity index (χ2v) is 8.19. The van der Waals surface area contributed by atoms with Crippen LogP contribution < -0.4 is 0 Å². The van der Waals surface area contributed by atoms with Gasteiger partial charge in [0.05, 0.1) is 6.10 Å².